The Kier molecular flexibility index (Phi) is 5.45. The van der Waals surface area contributed by atoms with Crippen molar-refractivity contribution in [1.29, 1.82) is 0 Å². The molecule has 5 nitrogen and oxygen atoms in total. The molecule has 3 rings (SSSR count). The van der Waals surface area contributed by atoms with Gasteiger partial charge in [0.1, 0.15) is 5.82 Å². The second-order valence-corrected chi connectivity index (χ2v) is 8.99. The highest BCUT2D eigenvalue weighted by molar-refractivity contribution is 9.10. The van der Waals surface area contributed by atoms with Crippen LogP contribution < -0.4 is 0 Å². The van der Waals surface area contributed by atoms with Crippen LogP contribution in [0.1, 0.15) is 15.9 Å². The summed E-state index contributed by atoms with van der Waals surface area (Å²) < 4.78 is 41.3. The molecule has 0 bridgehead atoms. The van der Waals surface area contributed by atoms with Crippen LogP contribution in [0.2, 0.25) is 0 Å². The van der Waals surface area contributed by atoms with Crippen LogP contribution in [0.15, 0.2) is 51.8 Å². The van der Waals surface area contributed by atoms with Crippen LogP contribution in [-0.2, 0) is 10.0 Å². The first-order chi connectivity index (χ1) is 12.3. The van der Waals surface area contributed by atoms with E-state index in [9.17, 15) is 17.6 Å². The van der Waals surface area contributed by atoms with Crippen molar-refractivity contribution >= 4 is 31.9 Å². The molecule has 0 spiro atoms. The van der Waals surface area contributed by atoms with Crippen LogP contribution >= 0.6 is 15.9 Å². The zero-order valence-corrected chi connectivity index (χ0v) is 16.6. The molecule has 0 aliphatic carbocycles. The smallest absolute Gasteiger partial charge is 0.256 e. The Bertz CT molecular complexity index is 924. The van der Waals surface area contributed by atoms with Crippen LogP contribution in [0.25, 0.3) is 0 Å². The highest BCUT2D eigenvalue weighted by Crippen LogP contribution is 2.21. The summed E-state index contributed by atoms with van der Waals surface area (Å²) in [5, 5.41) is 0. The first-order valence-electron chi connectivity index (χ1n) is 8.10. The Morgan fingerprint density at radius 3 is 2.27 bits per heavy atom. The standard InChI is InChI=1S/C18H18BrFN2O3S/c1-13-2-5-15(6-3-13)26(24,25)22-10-8-21(9-11-22)18(23)16-12-14(19)4-7-17(16)20/h2-7,12H,8-11H2,1H3. The van der Waals surface area contributed by atoms with E-state index in [1.807, 2.05) is 6.92 Å². The number of nitrogens with zero attached hydrogens (tertiary/aromatic N) is 2. The van der Waals surface area contributed by atoms with E-state index in [1.54, 1.807) is 24.3 Å². The van der Waals surface area contributed by atoms with Crippen LogP contribution in [0, 0.1) is 12.7 Å². The van der Waals surface area contributed by atoms with Gasteiger partial charge in [0.2, 0.25) is 10.0 Å². The maximum atomic E-state index is 13.9. The minimum atomic E-state index is -3.59. The van der Waals surface area contributed by atoms with Gasteiger partial charge in [0.05, 0.1) is 10.5 Å². The van der Waals surface area contributed by atoms with Crippen molar-refractivity contribution in [1.82, 2.24) is 9.21 Å². The fraction of sp³-hybridized carbons (Fsp3) is 0.278. The molecule has 2 aromatic rings. The molecule has 0 atom stereocenters. The minimum absolute atomic E-state index is 0.0192. The van der Waals surface area contributed by atoms with E-state index in [4.69, 9.17) is 0 Å². The van der Waals surface area contributed by atoms with Gasteiger partial charge in [-0.05, 0) is 37.3 Å². The van der Waals surface area contributed by atoms with Gasteiger partial charge in [-0.1, -0.05) is 33.6 Å². The molecule has 8 heteroatoms. The number of amides is 1. The van der Waals surface area contributed by atoms with Crippen molar-refractivity contribution in [3.63, 3.8) is 0 Å². The van der Waals surface area contributed by atoms with Crippen molar-refractivity contribution in [2.24, 2.45) is 0 Å². The molecule has 1 aliphatic heterocycles. The second kappa shape index (κ2) is 7.46. The highest BCUT2D eigenvalue weighted by Gasteiger charge is 2.31. The number of carbonyl (C=O) groups is 1. The zero-order valence-electron chi connectivity index (χ0n) is 14.2. The molecule has 138 valence electrons. The zero-order chi connectivity index (χ0) is 18.9. The summed E-state index contributed by atoms with van der Waals surface area (Å²) in [6, 6.07) is 10.9. The predicted molar refractivity (Wildman–Crippen MR) is 99.9 cm³/mol. The minimum Gasteiger partial charge on any atom is -0.336 e. The quantitative estimate of drug-likeness (QED) is 0.736. The van der Waals surface area contributed by atoms with Crippen molar-refractivity contribution in [2.45, 2.75) is 11.8 Å². The fourth-order valence-corrected chi connectivity index (χ4v) is 4.61. The molecular weight excluding hydrogens is 423 g/mol. The number of piperazine rings is 1. The summed E-state index contributed by atoms with van der Waals surface area (Å²) in [7, 11) is -3.59. The van der Waals surface area contributed by atoms with E-state index in [0.29, 0.717) is 4.47 Å². The molecule has 1 amide bonds. The average molecular weight is 441 g/mol. The maximum absolute atomic E-state index is 13.9. The molecule has 2 aromatic carbocycles. The fourth-order valence-electron chi connectivity index (χ4n) is 2.82. The monoisotopic (exact) mass is 440 g/mol. The normalized spacial score (nSPS) is 15.9. The largest absolute Gasteiger partial charge is 0.336 e. The number of rotatable bonds is 3. The maximum Gasteiger partial charge on any atom is 0.256 e. The Morgan fingerprint density at radius 2 is 1.65 bits per heavy atom. The van der Waals surface area contributed by atoms with Gasteiger partial charge in [-0.15, -0.1) is 0 Å². The Morgan fingerprint density at radius 1 is 1.04 bits per heavy atom. The third-order valence-electron chi connectivity index (χ3n) is 4.34. The molecule has 26 heavy (non-hydrogen) atoms. The summed E-state index contributed by atoms with van der Waals surface area (Å²) in [6.45, 7) is 2.68. The lowest BCUT2D eigenvalue weighted by Crippen LogP contribution is -2.50. The summed E-state index contributed by atoms with van der Waals surface area (Å²) in [4.78, 5) is 14.2. The van der Waals surface area contributed by atoms with Crippen LogP contribution in [0.3, 0.4) is 0 Å². The summed E-state index contributed by atoms with van der Waals surface area (Å²) >= 11 is 3.23. The van der Waals surface area contributed by atoms with Crippen molar-refractivity contribution < 1.29 is 17.6 Å². The molecule has 0 saturated carbocycles. The Balaban J connectivity index is 1.71. The van der Waals surface area contributed by atoms with Gasteiger partial charge in [0.15, 0.2) is 0 Å². The van der Waals surface area contributed by atoms with Gasteiger partial charge in [0, 0.05) is 30.7 Å². The number of sulfonamides is 1. The van der Waals surface area contributed by atoms with Crippen molar-refractivity contribution in [3.8, 4) is 0 Å². The van der Waals surface area contributed by atoms with E-state index in [1.165, 1.54) is 27.4 Å². The Labute approximate surface area is 160 Å². The lowest BCUT2D eigenvalue weighted by atomic mass is 10.1. The molecule has 0 aromatic heterocycles. The molecule has 1 heterocycles. The topological polar surface area (TPSA) is 57.7 Å². The lowest BCUT2D eigenvalue weighted by Gasteiger charge is -2.34. The van der Waals surface area contributed by atoms with Crippen molar-refractivity contribution in [2.75, 3.05) is 26.2 Å². The summed E-state index contributed by atoms with van der Waals surface area (Å²) in [5.74, 6) is -1.02. The molecule has 0 N–H and O–H groups in total. The molecular formula is C18H18BrFN2O3S. The van der Waals surface area contributed by atoms with Crippen LogP contribution in [0.4, 0.5) is 4.39 Å². The molecule has 1 aliphatic rings. The van der Waals surface area contributed by atoms with Crippen LogP contribution in [0.5, 0.6) is 0 Å². The van der Waals surface area contributed by atoms with Gasteiger partial charge in [-0.25, -0.2) is 12.8 Å². The van der Waals surface area contributed by atoms with Crippen LogP contribution in [-0.4, -0.2) is 49.7 Å². The summed E-state index contributed by atoms with van der Waals surface area (Å²) in [6.07, 6.45) is 0. The number of hydrogen-bond acceptors (Lipinski definition) is 3. The van der Waals surface area contributed by atoms with E-state index in [0.717, 1.165) is 5.56 Å². The number of hydrogen-bond donors (Lipinski definition) is 0. The predicted octanol–water partition coefficient (Wildman–Crippen LogP) is 3.04. The number of benzene rings is 2. The van der Waals surface area contributed by atoms with Crippen molar-refractivity contribution in [3.05, 3.63) is 63.9 Å². The van der Waals surface area contributed by atoms with Gasteiger partial charge in [-0.3, -0.25) is 4.79 Å². The van der Waals surface area contributed by atoms with E-state index >= 15 is 0 Å². The first kappa shape index (κ1) is 19.0. The van der Waals surface area contributed by atoms with E-state index in [-0.39, 0.29) is 36.6 Å². The number of aryl methyl sites for hydroxylation is 1. The molecule has 1 fully saturated rings. The third-order valence-corrected chi connectivity index (χ3v) is 6.75. The number of halogens is 2. The highest BCUT2D eigenvalue weighted by atomic mass is 79.9. The van der Waals surface area contributed by atoms with Gasteiger partial charge in [-0.2, -0.15) is 4.31 Å². The van der Waals surface area contributed by atoms with E-state index < -0.39 is 21.7 Å². The Hall–Kier alpha value is -1.77. The summed E-state index contributed by atoms with van der Waals surface area (Å²) in [5.41, 5.74) is 0.963. The molecule has 0 radical (unpaired) electrons. The van der Waals surface area contributed by atoms with E-state index in [2.05, 4.69) is 15.9 Å². The second-order valence-electron chi connectivity index (χ2n) is 6.13. The lowest BCUT2D eigenvalue weighted by molar-refractivity contribution is 0.0693. The van der Waals surface area contributed by atoms with Gasteiger partial charge in [0.25, 0.3) is 5.91 Å². The first-order valence-corrected chi connectivity index (χ1v) is 10.3. The number of carbonyl (C=O) groups excluding carboxylic acids is 1. The van der Waals surface area contributed by atoms with Gasteiger partial charge >= 0.3 is 0 Å². The third kappa shape index (κ3) is 3.82. The van der Waals surface area contributed by atoms with Gasteiger partial charge < -0.3 is 4.90 Å². The average Bonchev–Trinajstić information content (AvgIpc) is 2.63. The molecule has 0 unspecified atom stereocenters. The molecule has 1 saturated heterocycles. The SMILES string of the molecule is Cc1ccc(S(=O)(=O)N2CCN(C(=O)c3cc(Br)ccc3F)CC2)cc1.